The zero-order chi connectivity index (χ0) is 16.4. The molecule has 0 aliphatic carbocycles. The summed E-state index contributed by atoms with van der Waals surface area (Å²) < 4.78 is 5.36. The highest BCUT2D eigenvalue weighted by Gasteiger charge is 2.12. The predicted octanol–water partition coefficient (Wildman–Crippen LogP) is 4.82. The van der Waals surface area contributed by atoms with Crippen molar-refractivity contribution in [3.63, 3.8) is 0 Å². The van der Waals surface area contributed by atoms with Crippen LogP contribution in [0, 0.1) is 18.3 Å². The molecule has 0 saturated heterocycles. The Balaban J connectivity index is 2.21. The summed E-state index contributed by atoms with van der Waals surface area (Å²) in [6.45, 7) is 2.00. The summed E-state index contributed by atoms with van der Waals surface area (Å²) in [4.78, 5) is 4.34. The maximum atomic E-state index is 9.42. The minimum atomic E-state index is 0.463. The molecule has 5 heteroatoms. The smallest absolute Gasteiger partial charge is 0.142 e. The van der Waals surface area contributed by atoms with Gasteiger partial charge in [0.25, 0.3) is 0 Å². The van der Waals surface area contributed by atoms with Crippen LogP contribution in [0.3, 0.4) is 0 Å². The molecule has 3 aromatic rings. The number of hydrogen-bond donors (Lipinski definition) is 1. The molecule has 1 N–H and O–H groups in total. The highest BCUT2D eigenvalue weighted by Crippen LogP contribution is 2.34. The number of hydrogen-bond acceptors (Lipinski definition) is 4. The standard InChI is InChI=1S/C18H14ClN3O/c1-11-3-5-15-14(7-11)18(12(9-20)10-21-15)22-16-8-13(19)4-6-17(16)23-2/h3-8,10H,1-2H3,(H,21,22). The number of pyridine rings is 1. The molecule has 0 atom stereocenters. The maximum Gasteiger partial charge on any atom is 0.142 e. The van der Waals surface area contributed by atoms with Gasteiger partial charge in [0.05, 0.1) is 29.6 Å². The first-order valence-electron chi connectivity index (χ1n) is 7.02. The molecule has 0 aliphatic rings. The maximum absolute atomic E-state index is 9.42. The van der Waals surface area contributed by atoms with Gasteiger partial charge in [-0.2, -0.15) is 5.26 Å². The van der Waals surface area contributed by atoms with Gasteiger partial charge >= 0.3 is 0 Å². The molecular weight excluding hydrogens is 310 g/mol. The summed E-state index contributed by atoms with van der Waals surface area (Å²) in [5, 5.41) is 14.2. The van der Waals surface area contributed by atoms with E-state index in [9.17, 15) is 5.26 Å². The molecule has 0 saturated carbocycles. The molecule has 23 heavy (non-hydrogen) atoms. The van der Waals surface area contributed by atoms with Gasteiger partial charge in [-0.3, -0.25) is 4.98 Å². The Morgan fingerprint density at radius 1 is 1.22 bits per heavy atom. The van der Waals surface area contributed by atoms with E-state index in [0.29, 0.717) is 27.7 Å². The van der Waals surface area contributed by atoms with E-state index in [1.807, 2.05) is 25.1 Å². The Morgan fingerprint density at radius 2 is 2.04 bits per heavy atom. The van der Waals surface area contributed by atoms with Crippen molar-refractivity contribution in [3.8, 4) is 11.8 Å². The molecule has 0 unspecified atom stereocenters. The Labute approximate surface area is 139 Å². The number of nitrogens with one attached hydrogen (secondary N) is 1. The van der Waals surface area contributed by atoms with Crippen LogP contribution in [0.4, 0.5) is 11.4 Å². The van der Waals surface area contributed by atoms with Crippen molar-refractivity contribution in [2.75, 3.05) is 12.4 Å². The van der Waals surface area contributed by atoms with Crippen LogP contribution in [0.5, 0.6) is 5.75 Å². The number of methoxy groups -OCH3 is 1. The lowest BCUT2D eigenvalue weighted by molar-refractivity contribution is 0.417. The quantitative estimate of drug-likeness (QED) is 0.750. The lowest BCUT2D eigenvalue weighted by atomic mass is 10.1. The number of ether oxygens (including phenoxy) is 1. The van der Waals surface area contributed by atoms with E-state index < -0.39 is 0 Å². The number of benzene rings is 2. The van der Waals surface area contributed by atoms with Crippen LogP contribution in [0.2, 0.25) is 5.02 Å². The van der Waals surface area contributed by atoms with Crippen LogP contribution in [-0.4, -0.2) is 12.1 Å². The molecule has 0 aliphatic heterocycles. The first-order valence-corrected chi connectivity index (χ1v) is 7.40. The number of nitrogens with zero attached hydrogens (tertiary/aromatic N) is 2. The minimum absolute atomic E-state index is 0.463. The van der Waals surface area contributed by atoms with Crippen molar-refractivity contribution in [2.24, 2.45) is 0 Å². The Hall–Kier alpha value is -2.77. The van der Waals surface area contributed by atoms with E-state index in [4.69, 9.17) is 16.3 Å². The lowest BCUT2D eigenvalue weighted by Crippen LogP contribution is -1.99. The van der Waals surface area contributed by atoms with Gasteiger partial charge in [-0.1, -0.05) is 23.2 Å². The molecule has 4 nitrogen and oxygen atoms in total. The lowest BCUT2D eigenvalue weighted by Gasteiger charge is -2.15. The molecule has 0 radical (unpaired) electrons. The van der Waals surface area contributed by atoms with Crippen LogP contribution in [-0.2, 0) is 0 Å². The van der Waals surface area contributed by atoms with Gasteiger partial charge in [0.2, 0.25) is 0 Å². The van der Waals surface area contributed by atoms with E-state index >= 15 is 0 Å². The first kappa shape index (κ1) is 15.1. The summed E-state index contributed by atoms with van der Waals surface area (Å²) >= 11 is 6.08. The second-order valence-corrected chi connectivity index (χ2v) is 5.59. The molecule has 1 heterocycles. The molecule has 0 bridgehead atoms. The number of aryl methyl sites for hydroxylation is 1. The first-order chi connectivity index (χ1) is 11.1. The average molecular weight is 324 g/mol. The molecule has 3 rings (SSSR count). The fourth-order valence-electron chi connectivity index (χ4n) is 2.44. The topological polar surface area (TPSA) is 57.9 Å². The van der Waals surface area contributed by atoms with Crippen molar-refractivity contribution < 1.29 is 4.74 Å². The number of anilines is 2. The molecule has 0 amide bonds. The third-order valence-corrected chi connectivity index (χ3v) is 3.80. The van der Waals surface area contributed by atoms with E-state index in [-0.39, 0.29) is 0 Å². The predicted molar refractivity (Wildman–Crippen MR) is 92.5 cm³/mol. The van der Waals surface area contributed by atoms with E-state index in [2.05, 4.69) is 16.4 Å². The fraction of sp³-hybridized carbons (Fsp3) is 0.111. The number of aromatic nitrogens is 1. The summed E-state index contributed by atoms with van der Waals surface area (Å²) in [6.07, 6.45) is 1.57. The normalized spacial score (nSPS) is 10.3. The molecule has 1 aromatic heterocycles. The Morgan fingerprint density at radius 3 is 2.78 bits per heavy atom. The van der Waals surface area contributed by atoms with E-state index in [1.165, 1.54) is 0 Å². The number of nitriles is 1. The van der Waals surface area contributed by atoms with Crippen molar-refractivity contribution in [3.05, 3.63) is 58.7 Å². The van der Waals surface area contributed by atoms with Crippen molar-refractivity contribution in [1.29, 1.82) is 5.26 Å². The summed E-state index contributed by atoms with van der Waals surface area (Å²) in [5.74, 6) is 0.649. The van der Waals surface area contributed by atoms with Crippen LogP contribution in [0.1, 0.15) is 11.1 Å². The molecule has 0 spiro atoms. The Kier molecular flexibility index (Phi) is 4.05. The summed E-state index contributed by atoms with van der Waals surface area (Å²) in [7, 11) is 1.59. The minimum Gasteiger partial charge on any atom is -0.495 e. The van der Waals surface area contributed by atoms with Gasteiger partial charge in [-0.05, 0) is 37.3 Å². The third kappa shape index (κ3) is 2.92. The van der Waals surface area contributed by atoms with E-state index in [1.54, 1.807) is 31.5 Å². The SMILES string of the molecule is COc1ccc(Cl)cc1Nc1c(C#N)cnc2ccc(C)cc12. The van der Waals surface area contributed by atoms with Crippen LogP contribution < -0.4 is 10.1 Å². The highest BCUT2D eigenvalue weighted by molar-refractivity contribution is 6.31. The van der Waals surface area contributed by atoms with Crippen molar-refractivity contribution in [1.82, 2.24) is 4.98 Å². The van der Waals surface area contributed by atoms with Gasteiger partial charge in [-0.25, -0.2) is 0 Å². The summed E-state index contributed by atoms with van der Waals surface area (Å²) in [6, 6.07) is 13.4. The molecule has 0 fully saturated rings. The molecular formula is C18H14ClN3O. The number of halogens is 1. The van der Waals surface area contributed by atoms with Gasteiger partial charge < -0.3 is 10.1 Å². The van der Waals surface area contributed by atoms with Gasteiger partial charge in [0.15, 0.2) is 0 Å². The zero-order valence-corrected chi connectivity index (χ0v) is 13.5. The highest BCUT2D eigenvalue weighted by atomic mass is 35.5. The van der Waals surface area contributed by atoms with Gasteiger partial charge in [0.1, 0.15) is 11.8 Å². The van der Waals surface area contributed by atoms with Crippen LogP contribution >= 0.6 is 11.6 Å². The zero-order valence-electron chi connectivity index (χ0n) is 12.7. The fourth-order valence-corrected chi connectivity index (χ4v) is 2.61. The Bertz CT molecular complexity index is 931. The molecule has 114 valence electrons. The van der Waals surface area contributed by atoms with Crippen molar-refractivity contribution in [2.45, 2.75) is 6.92 Å². The molecule has 2 aromatic carbocycles. The second-order valence-electron chi connectivity index (χ2n) is 5.15. The van der Waals surface area contributed by atoms with Crippen LogP contribution in [0.15, 0.2) is 42.6 Å². The third-order valence-electron chi connectivity index (χ3n) is 3.57. The van der Waals surface area contributed by atoms with E-state index in [0.717, 1.165) is 16.5 Å². The largest absolute Gasteiger partial charge is 0.495 e. The average Bonchev–Trinajstić information content (AvgIpc) is 2.55. The van der Waals surface area contributed by atoms with Gasteiger partial charge in [0, 0.05) is 16.6 Å². The number of fused-ring (bicyclic) bond motifs is 1. The summed E-state index contributed by atoms with van der Waals surface area (Å²) in [5.41, 5.74) is 3.77. The van der Waals surface area contributed by atoms with Crippen molar-refractivity contribution >= 4 is 33.9 Å². The second kappa shape index (κ2) is 6.15. The van der Waals surface area contributed by atoms with Gasteiger partial charge in [-0.15, -0.1) is 0 Å². The van der Waals surface area contributed by atoms with Crippen LogP contribution in [0.25, 0.3) is 10.9 Å². The number of rotatable bonds is 3. The monoisotopic (exact) mass is 323 g/mol.